The number of ketones is 1. The van der Waals surface area contributed by atoms with E-state index in [1.54, 1.807) is 38.1 Å². The predicted octanol–water partition coefficient (Wildman–Crippen LogP) is 3.33. The highest BCUT2D eigenvalue weighted by Crippen LogP contribution is 2.33. The molecule has 0 amide bonds. The van der Waals surface area contributed by atoms with Gasteiger partial charge in [0.2, 0.25) is 0 Å². The second kappa shape index (κ2) is 8.41. The molecule has 0 radical (unpaired) electrons. The minimum Gasteiger partial charge on any atom is -0.294 e. The molecule has 0 saturated heterocycles. The molecule has 0 aliphatic carbocycles. The van der Waals surface area contributed by atoms with Gasteiger partial charge in [0, 0.05) is 12.8 Å². The molecule has 2 aromatic carbocycles. The summed E-state index contributed by atoms with van der Waals surface area (Å²) in [5, 5.41) is 8.50. The van der Waals surface area contributed by atoms with Crippen molar-refractivity contribution in [3.8, 4) is 0 Å². The first kappa shape index (κ1) is 21.5. The molecule has 2 heterocycles. The third-order valence-corrected chi connectivity index (χ3v) is 5.75. The Morgan fingerprint density at radius 1 is 0.750 bits per heavy atom. The third kappa shape index (κ3) is 4.05. The number of Topliss-reactive ketones (excluding diaryl/α,β-unsaturated/α-hetero) is 1. The minimum absolute atomic E-state index is 0.199. The molecule has 9 heteroatoms. The van der Waals surface area contributed by atoms with Gasteiger partial charge >= 0.3 is 0 Å². The van der Waals surface area contributed by atoms with E-state index in [4.69, 9.17) is 0 Å². The highest BCUT2D eigenvalue weighted by atomic mass is 19.1. The Balaban J connectivity index is 1.79. The number of benzene rings is 2. The summed E-state index contributed by atoms with van der Waals surface area (Å²) in [6, 6.07) is 12.0. The van der Waals surface area contributed by atoms with E-state index >= 15 is 0 Å². The Labute approximate surface area is 183 Å². The zero-order valence-electron chi connectivity index (χ0n) is 17.7. The van der Waals surface area contributed by atoms with Crippen LogP contribution in [0.3, 0.4) is 0 Å². The van der Waals surface area contributed by atoms with E-state index < -0.39 is 11.1 Å². The molecule has 4 rings (SSSR count). The molecule has 164 valence electrons. The molecule has 0 aliphatic heterocycles. The number of halogens is 2. The zero-order valence-corrected chi connectivity index (χ0v) is 17.7. The van der Waals surface area contributed by atoms with Crippen LogP contribution in [0.1, 0.15) is 25.0 Å². The van der Waals surface area contributed by atoms with Crippen LogP contribution in [0.4, 0.5) is 8.78 Å². The number of hydrogen-bond acceptors (Lipinski definition) is 5. The largest absolute Gasteiger partial charge is 0.294 e. The smallest absolute Gasteiger partial charge is 0.188 e. The second-order valence-corrected chi connectivity index (χ2v) is 8.16. The van der Waals surface area contributed by atoms with Crippen molar-refractivity contribution in [1.82, 2.24) is 29.5 Å². The first-order chi connectivity index (χ1) is 15.3. The van der Waals surface area contributed by atoms with Crippen molar-refractivity contribution in [1.29, 1.82) is 0 Å². The molecule has 2 atom stereocenters. The molecule has 0 fully saturated rings. The number of aromatic nitrogens is 6. The van der Waals surface area contributed by atoms with Crippen molar-refractivity contribution in [3.63, 3.8) is 0 Å². The van der Waals surface area contributed by atoms with Crippen LogP contribution >= 0.6 is 0 Å². The van der Waals surface area contributed by atoms with E-state index in [9.17, 15) is 13.6 Å². The average molecular weight is 436 g/mol. The van der Waals surface area contributed by atoms with Crippen LogP contribution < -0.4 is 0 Å². The van der Waals surface area contributed by atoms with Gasteiger partial charge in [-0.2, -0.15) is 10.2 Å². The van der Waals surface area contributed by atoms with Crippen molar-refractivity contribution in [2.75, 3.05) is 0 Å². The minimum atomic E-state index is -1.17. The summed E-state index contributed by atoms with van der Waals surface area (Å²) in [5.74, 6) is -0.910. The Bertz CT molecular complexity index is 1080. The van der Waals surface area contributed by atoms with Gasteiger partial charge in [-0.1, -0.05) is 24.3 Å². The Morgan fingerprint density at radius 2 is 1.12 bits per heavy atom. The van der Waals surface area contributed by atoms with Crippen LogP contribution in [0, 0.1) is 11.6 Å². The summed E-state index contributed by atoms with van der Waals surface area (Å²) in [7, 11) is 0. The van der Waals surface area contributed by atoms with Gasteiger partial charge in [0.15, 0.2) is 5.78 Å². The Morgan fingerprint density at radius 3 is 1.44 bits per heavy atom. The van der Waals surface area contributed by atoms with Crippen LogP contribution in [0.25, 0.3) is 0 Å². The average Bonchev–Trinajstić information content (AvgIpc) is 3.51. The lowest BCUT2D eigenvalue weighted by Gasteiger charge is -2.38. The maximum Gasteiger partial charge on any atom is 0.188 e. The summed E-state index contributed by atoms with van der Waals surface area (Å²) >= 11 is 0. The number of carbonyl (C=O) groups is 1. The van der Waals surface area contributed by atoms with E-state index in [0.717, 1.165) is 11.1 Å². The lowest BCUT2D eigenvalue weighted by atomic mass is 9.76. The molecule has 2 aromatic heterocycles. The number of nitrogens with zero attached hydrogens (tertiary/aromatic N) is 6. The van der Waals surface area contributed by atoms with Crippen molar-refractivity contribution < 1.29 is 13.6 Å². The van der Waals surface area contributed by atoms with Crippen molar-refractivity contribution in [3.05, 3.63) is 96.6 Å². The standard InChI is InChI=1S/C23H22F2N6O/c1-22(30-15-26-13-28-30,11-17-3-7-19(24)8-4-17)21(32)23(2,31-16-27-14-29-31)12-18-5-9-20(25)10-6-18/h3-10,13-16H,11-12H2,1-2H3. The van der Waals surface area contributed by atoms with E-state index in [0.29, 0.717) is 0 Å². The third-order valence-electron chi connectivity index (χ3n) is 5.75. The fourth-order valence-corrected chi connectivity index (χ4v) is 4.04. The summed E-state index contributed by atoms with van der Waals surface area (Å²) in [4.78, 5) is 22.4. The lowest BCUT2D eigenvalue weighted by molar-refractivity contribution is -0.136. The molecule has 0 aliphatic rings. The second-order valence-electron chi connectivity index (χ2n) is 8.16. The Kier molecular flexibility index (Phi) is 5.65. The monoisotopic (exact) mass is 436 g/mol. The van der Waals surface area contributed by atoms with Gasteiger partial charge in [0.25, 0.3) is 0 Å². The van der Waals surface area contributed by atoms with Gasteiger partial charge in [-0.25, -0.2) is 28.1 Å². The van der Waals surface area contributed by atoms with Crippen LogP contribution in [-0.4, -0.2) is 35.3 Å². The molecule has 2 unspecified atom stereocenters. The summed E-state index contributed by atoms with van der Waals surface area (Å²) in [6.45, 7) is 3.54. The molecular weight excluding hydrogens is 414 g/mol. The van der Waals surface area contributed by atoms with Crippen LogP contribution in [0.5, 0.6) is 0 Å². The molecule has 0 N–H and O–H groups in total. The SMILES string of the molecule is CC(Cc1ccc(F)cc1)(C(=O)C(C)(Cc1ccc(F)cc1)n1cncn1)n1cncn1. The maximum absolute atomic E-state index is 14.3. The summed E-state index contributed by atoms with van der Waals surface area (Å²) < 4.78 is 29.9. The van der Waals surface area contributed by atoms with Gasteiger partial charge in [-0.15, -0.1) is 0 Å². The number of hydrogen-bond donors (Lipinski definition) is 0. The van der Waals surface area contributed by atoms with Crippen LogP contribution in [-0.2, 0) is 28.7 Å². The molecular formula is C23H22F2N6O. The van der Waals surface area contributed by atoms with Gasteiger partial charge in [0.1, 0.15) is 48.0 Å². The fourth-order valence-electron chi connectivity index (χ4n) is 4.04. The first-order valence-corrected chi connectivity index (χ1v) is 10.1. The van der Waals surface area contributed by atoms with Crippen molar-refractivity contribution in [2.45, 2.75) is 37.8 Å². The van der Waals surface area contributed by atoms with Crippen molar-refractivity contribution in [2.24, 2.45) is 0 Å². The molecule has 0 saturated carbocycles. The topological polar surface area (TPSA) is 78.5 Å². The summed E-state index contributed by atoms with van der Waals surface area (Å²) in [5.41, 5.74) is -0.814. The highest BCUT2D eigenvalue weighted by molar-refractivity contribution is 5.93. The quantitative estimate of drug-likeness (QED) is 0.423. The zero-order chi connectivity index (χ0) is 22.8. The van der Waals surface area contributed by atoms with Gasteiger partial charge in [-0.05, 0) is 49.2 Å². The molecule has 0 spiro atoms. The molecule has 0 bridgehead atoms. The molecule has 7 nitrogen and oxygen atoms in total. The van der Waals surface area contributed by atoms with Crippen LogP contribution in [0.15, 0.2) is 73.8 Å². The maximum atomic E-state index is 14.3. The fraction of sp³-hybridized carbons (Fsp3) is 0.261. The number of rotatable bonds is 8. The van der Waals surface area contributed by atoms with Gasteiger partial charge < -0.3 is 0 Å². The molecule has 32 heavy (non-hydrogen) atoms. The van der Waals surface area contributed by atoms with E-state index in [1.807, 2.05) is 0 Å². The Hall–Kier alpha value is -3.75. The molecule has 4 aromatic rings. The van der Waals surface area contributed by atoms with Gasteiger partial charge in [0.05, 0.1) is 0 Å². The summed E-state index contributed by atoms with van der Waals surface area (Å²) in [6.07, 6.45) is 6.21. The normalized spacial score (nSPS) is 15.1. The highest BCUT2D eigenvalue weighted by Gasteiger charge is 2.48. The lowest BCUT2D eigenvalue weighted by Crippen LogP contribution is -2.55. The van der Waals surface area contributed by atoms with Crippen LogP contribution in [0.2, 0.25) is 0 Å². The van der Waals surface area contributed by atoms with E-state index in [-0.39, 0.29) is 30.3 Å². The van der Waals surface area contributed by atoms with E-state index in [2.05, 4.69) is 20.2 Å². The van der Waals surface area contributed by atoms with E-state index in [1.165, 1.54) is 58.9 Å². The number of carbonyl (C=O) groups excluding carboxylic acids is 1. The first-order valence-electron chi connectivity index (χ1n) is 10.1. The van der Waals surface area contributed by atoms with Crippen molar-refractivity contribution >= 4 is 5.78 Å². The van der Waals surface area contributed by atoms with Gasteiger partial charge in [-0.3, -0.25) is 4.79 Å². The predicted molar refractivity (Wildman–Crippen MR) is 113 cm³/mol.